The Labute approximate surface area is 197 Å². The molecule has 1 aliphatic heterocycles. The van der Waals surface area contributed by atoms with Crippen molar-refractivity contribution in [3.8, 4) is 0 Å². The molecule has 35 heavy (non-hydrogen) atoms. The summed E-state index contributed by atoms with van der Waals surface area (Å²) in [5.41, 5.74) is 0.570. The second-order valence-electron chi connectivity index (χ2n) is 8.07. The molecule has 0 aliphatic carbocycles. The van der Waals surface area contributed by atoms with Crippen LogP contribution < -0.4 is 4.72 Å². The van der Waals surface area contributed by atoms with Crippen molar-refractivity contribution in [2.24, 2.45) is 4.99 Å². The van der Waals surface area contributed by atoms with E-state index >= 15 is 0 Å². The van der Waals surface area contributed by atoms with E-state index in [1.54, 1.807) is 18.2 Å². The number of aliphatic imine (C=N–C) groups is 1. The van der Waals surface area contributed by atoms with Gasteiger partial charge in [-0.25, -0.2) is 26.9 Å². The fraction of sp³-hybridized carbons (Fsp3) is 0.125. The molecule has 1 N–H and O–H groups in total. The Kier molecular flexibility index (Phi) is 5.36. The first-order chi connectivity index (χ1) is 16.6. The molecule has 0 saturated heterocycles. The van der Waals surface area contributed by atoms with Crippen molar-refractivity contribution in [2.45, 2.75) is 12.5 Å². The lowest BCUT2D eigenvalue weighted by atomic mass is 9.92. The predicted octanol–water partition coefficient (Wildman–Crippen LogP) is 3.65. The second kappa shape index (κ2) is 8.27. The summed E-state index contributed by atoms with van der Waals surface area (Å²) in [7, 11) is -4.01. The van der Waals surface area contributed by atoms with E-state index in [-0.39, 0.29) is 23.4 Å². The highest BCUT2D eigenvalue weighted by Gasteiger charge is 2.34. The van der Waals surface area contributed by atoms with E-state index in [0.29, 0.717) is 21.9 Å². The molecular weight excluding hydrogens is 480 g/mol. The highest BCUT2D eigenvalue weighted by Crippen LogP contribution is 2.39. The van der Waals surface area contributed by atoms with Crippen molar-refractivity contribution in [3.05, 3.63) is 83.3 Å². The summed E-state index contributed by atoms with van der Waals surface area (Å²) in [5.74, 6) is -4.07. The number of amides is 2. The Hall–Kier alpha value is -4.12. The maximum absolute atomic E-state index is 14.6. The van der Waals surface area contributed by atoms with Gasteiger partial charge in [0.2, 0.25) is 10.0 Å². The Morgan fingerprint density at radius 2 is 2.00 bits per heavy atom. The van der Waals surface area contributed by atoms with E-state index in [4.69, 9.17) is 4.42 Å². The van der Waals surface area contributed by atoms with Gasteiger partial charge in [0.05, 0.1) is 30.5 Å². The lowest BCUT2D eigenvalue weighted by Gasteiger charge is -2.16. The topological polar surface area (TPSA) is 111 Å². The quantitative estimate of drug-likeness (QED) is 0.453. The Morgan fingerprint density at radius 3 is 2.74 bits per heavy atom. The first kappa shape index (κ1) is 22.7. The molecule has 0 bridgehead atoms. The molecule has 2 aromatic heterocycles. The molecule has 178 valence electrons. The molecule has 11 heteroatoms. The van der Waals surface area contributed by atoms with E-state index in [1.165, 1.54) is 29.2 Å². The number of fused-ring (bicyclic) bond motifs is 3. The van der Waals surface area contributed by atoms with Crippen LogP contribution in [0.3, 0.4) is 0 Å². The zero-order valence-corrected chi connectivity index (χ0v) is 19.0. The van der Waals surface area contributed by atoms with Crippen LogP contribution in [0, 0.1) is 11.6 Å². The number of nitrogens with zero attached hydrogens (tertiary/aromatic N) is 2. The summed E-state index contributed by atoms with van der Waals surface area (Å²) in [5, 5.41) is 1.03. The third-order valence-corrected chi connectivity index (χ3v) is 6.24. The van der Waals surface area contributed by atoms with Gasteiger partial charge in [-0.15, -0.1) is 0 Å². The maximum Gasteiger partial charge on any atom is 0.281 e. The molecule has 3 heterocycles. The number of nitrogens with one attached hydrogen (secondary N) is 1. The van der Waals surface area contributed by atoms with Gasteiger partial charge in [0, 0.05) is 28.1 Å². The van der Waals surface area contributed by atoms with Gasteiger partial charge in [0.1, 0.15) is 22.9 Å². The molecule has 1 unspecified atom stereocenters. The first-order valence-electron chi connectivity index (χ1n) is 10.4. The van der Waals surface area contributed by atoms with Gasteiger partial charge >= 0.3 is 0 Å². The zero-order chi connectivity index (χ0) is 24.9. The molecule has 4 aromatic rings. The smallest absolute Gasteiger partial charge is 0.281 e. The van der Waals surface area contributed by atoms with Crippen molar-refractivity contribution in [2.75, 3.05) is 6.26 Å². The van der Waals surface area contributed by atoms with E-state index in [0.717, 1.165) is 24.5 Å². The average molecular weight is 497 g/mol. The van der Waals surface area contributed by atoms with Gasteiger partial charge in [0.25, 0.3) is 11.8 Å². The van der Waals surface area contributed by atoms with E-state index in [9.17, 15) is 26.8 Å². The number of aromatic nitrogens is 1. The van der Waals surface area contributed by atoms with Crippen LogP contribution >= 0.6 is 0 Å². The fourth-order valence-corrected chi connectivity index (χ4v) is 4.75. The van der Waals surface area contributed by atoms with Crippen LogP contribution in [-0.4, -0.2) is 37.3 Å². The van der Waals surface area contributed by atoms with E-state index in [2.05, 4.69) is 4.99 Å². The standard InChI is InChI=1S/C24H17F2N3O5S/c1-35(32,33)28-24(31)21-19(16-3-2-9-27-23(16)30)20-18(7-4-13-8-10-34-22(13)20)29(21)12-14-11-15(25)5-6-17(14)26/h2-11,16H,12H2,1H3,(H,28,31). The number of carbonyl (C=O) groups excluding carboxylic acids is 2. The molecule has 2 aromatic carbocycles. The van der Waals surface area contributed by atoms with Crippen LogP contribution in [-0.2, 0) is 21.4 Å². The minimum absolute atomic E-state index is 0.0788. The molecule has 2 amide bonds. The number of hydrogen-bond acceptors (Lipinski definition) is 5. The summed E-state index contributed by atoms with van der Waals surface area (Å²) < 4.78 is 61.4. The van der Waals surface area contributed by atoms with Gasteiger partial charge in [-0.05, 0) is 42.5 Å². The summed E-state index contributed by atoms with van der Waals surface area (Å²) in [6, 6.07) is 7.95. The highest BCUT2D eigenvalue weighted by atomic mass is 32.2. The largest absolute Gasteiger partial charge is 0.464 e. The average Bonchev–Trinajstić information content (AvgIpc) is 3.38. The van der Waals surface area contributed by atoms with Crippen LogP contribution in [0.5, 0.6) is 0 Å². The number of sulfonamides is 1. The Morgan fingerprint density at radius 1 is 1.20 bits per heavy atom. The van der Waals surface area contributed by atoms with Crippen LogP contribution in [0.4, 0.5) is 8.78 Å². The van der Waals surface area contributed by atoms with Gasteiger partial charge < -0.3 is 8.98 Å². The normalized spacial score (nSPS) is 15.9. The Balaban J connectivity index is 1.88. The summed E-state index contributed by atoms with van der Waals surface area (Å²) in [4.78, 5) is 30.0. The van der Waals surface area contributed by atoms with Crippen molar-refractivity contribution >= 4 is 49.9 Å². The molecule has 0 spiro atoms. The third kappa shape index (κ3) is 4.03. The third-order valence-electron chi connectivity index (χ3n) is 5.68. The zero-order valence-electron chi connectivity index (χ0n) is 18.2. The molecule has 1 aliphatic rings. The highest BCUT2D eigenvalue weighted by molar-refractivity contribution is 7.89. The molecule has 5 rings (SSSR count). The molecule has 0 saturated carbocycles. The second-order valence-corrected chi connectivity index (χ2v) is 9.81. The van der Waals surface area contributed by atoms with Gasteiger partial charge in [-0.3, -0.25) is 9.59 Å². The summed E-state index contributed by atoms with van der Waals surface area (Å²) in [6.45, 7) is -0.327. The lowest BCUT2D eigenvalue weighted by Crippen LogP contribution is -2.32. The molecule has 0 radical (unpaired) electrons. The van der Waals surface area contributed by atoms with Crippen LogP contribution in [0.1, 0.15) is 27.5 Å². The minimum Gasteiger partial charge on any atom is -0.464 e. The van der Waals surface area contributed by atoms with Crippen molar-refractivity contribution < 1.29 is 31.2 Å². The number of halogens is 2. The predicted molar refractivity (Wildman–Crippen MR) is 125 cm³/mol. The van der Waals surface area contributed by atoms with Gasteiger partial charge in [-0.2, -0.15) is 0 Å². The van der Waals surface area contributed by atoms with Crippen molar-refractivity contribution in [1.29, 1.82) is 0 Å². The van der Waals surface area contributed by atoms with Crippen LogP contribution in [0.15, 0.2) is 64.2 Å². The minimum atomic E-state index is -4.01. The molecule has 1 atom stereocenters. The summed E-state index contributed by atoms with van der Waals surface area (Å²) >= 11 is 0. The first-order valence-corrected chi connectivity index (χ1v) is 12.3. The van der Waals surface area contributed by atoms with E-state index < -0.39 is 39.4 Å². The summed E-state index contributed by atoms with van der Waals surface area (Å²) in [6.07, 6.45) is 6.60. The maximum atomic E-state index is 14.6. The Bertz CT molecular complexity index is 1700. The van der Waals surface area contributed by atoms with Gasteiger partial charge in [0.15, 0.2) is 0 Å². The SMILES string of the molecule is CS(=O)(=O)NC(=O)c1c(C2C=CC=NC2=O)c2c3occc3ccc2n1Cc1cc(F)ccc1F. The van der Waals surface area contributed by atoms with Crippen molar-refractivity contribution in [3.63, 3.8) is 0 Å². The monoisotopic (exact) mass is 497 g/mol. The number of benzene rings is 2. The number of allylic oxidation sites excluding steroid dienone is 1. The van der Waals surface area contributed by atoms with Crippen LogP contribution in [0.2, 0.25) is 0 Å². The number of hydrogen-bond donors (Lipinski definition) is 1. The fourth-order valence-electron chi connectivity index (χ4n) is 4.31. The van der Waals surface area contributed by atoms with E-state index in [1.807, 2.05) is 4.72 Å². The number of rotatable bonds is 5. The van der Waals surface area contributed by atoms with Gasteiger partial charge in [-0.1, -0.05) is 6.08 Å². The van der Waals surface area contributed by atoms with Crippen molar-refractivity contribution in [1.82, 2.24) is 9.29 Å². The molecular formula is C24H17F2N3O5S. The number of dihydropyridines is 1. The van der Waals surface area contributed by atoms with Crippen LogP contribution in [0.25, 0.3) is 21.9 Å². The number of carbonyl (C=O) groups is 2. The lowest BCUT2D eigenvalue weighted by molar-refractivity contribution is -0.118. The number of furan rings is 1. The molecule has 8 nitrogen and oxygen atoms in total. The molecule has 0 fully saturated rings.